The number of hydrogen-bond acceptors (Lipinski definition) is 4. The van der Waals surface area contributed by atoms with Gasteiger partial charge in [-0.25, -0.2) is 12.7 Å². The molecule has 0 saturated carbocycles. The summed E-state index contributed by atoms with van der Waals surface area (Å²) < 4.78 is 30.0. The van der Waals surface area contributed by atoms with Gasteiger partial charge in [-0.05, 0) is 5.41 Å². The Morgan fingerprint density at radius 3 is 2.25 bits per heavy atom. The molecule has 5 nitrogen and oxygen atoms in total. The van der Waals surface area contributed by atoms with Gasteiger partial charge in [-0.2, -0.15) is 0 Å². The number of methoxy groups -OCH3 is 1. The molecule has 0 bridgehead atoms. The van der Waals surface area contributed by atoms with Crippen molar-refractivity contribution in [1.29, 1.82) is 0 Å². The molecule has 0 spiro atoms. The predicted molar refractivity (Wildman–Crippen MR) is 65.7 cm³/mol. The zero-order valence-electron chi connectivity index (χ0n) is 10.9. The normalized spacial score (nSPS) is 15.4. The fraction of sp³-hybridized carbons (Fsp3) is 1.00. The number of nitrogens with two attached hydrogens (primary N) is 1. The van der Waals surface area contributed by atoms with Crippen LogP contribution in [0.1, 0.15) is 20.8 Å². The number of nitrogens with zero attached hydrogens (tertiary/aromatic N) is 1. The highest BCUT2D eigenvalue weighted by molar-refractivity contribution is 7.89. The number of likely N-dealkylation sites (N-methyl/N-ethyl adjacent to an activating group) is 1. The van der Waals surface area contributed by atoms with Crippen LogP contribution in [0.4, 0.5) is 0 Å². The summed E-state index contributed by atoms with van der Waals surface area (Å²) in [6.07, 6.45) is 0. The zero-order chi connectivity index (χ0) is 13.0. The van der Waals surface area contributed by atoms with E-state index in [2.05, 4.69) is 0 Å². The Balaban J connectivity index is 4.42. The summed E-state index contributed by atoms with van der Waals surface area (Å²) in [5.74, 6) is 0.121. The summed E-state index contributed by atoms with van der Waals surface area (Å²) in [6.45, 7) is 6.33. The fourth-order valence-corrected chi connectivity index (χ4v) is 3.10. The quantitative estimate of drug-likeness (QED) is 0.736. The van der Waals surface area contributed by atoms with Crippen molar-refractivity contribution in [2.24, 2.45) is 11.1 Å². The molecule has 0 saturated heterocycles. The Hall–Kier alpha value is -0.170. The first-order valence-corrected chi connectivity index (χ1v) is 6.88. The summed E-state index contributed by atoms with van der Waals surface area (Å²) in [4.78, 5) is 0. The van der Waals surface area contributed by atoms with Crippen molar-refractivity contribution in [3.8, 4) is 0 Å². The lowest BCUT2D eigenvalue weighted by molar-refractivity contribution is 0.173. The fourth-order valence-electron chi connectivity index (χ4n) is 1.37. The standard InChI is InChI=1S/C10H24N2O3S/c1-10(2,3)8-16(13,14)12(4)6-9(11)7-15-5/h9H,6-8,11H2,1-5H3. The Morgan fingerprint density at radius 2 is 1.88 bits per heavy atom. The van der Waals surface area contributed by atoms with E-state index in [0.717, 1.165) is 0 Å². The maximum Gasteiger partial charge on any atom is 0.214 e. The lowest BCUT2D eigenvalue weighted by Crippen LogP contribution is -2.43. The molecule has 0 aliphatic carbocycles. The van der Waals surface area contributed by atoms with Crippen LogP contribution >= 0.6 is 0 Å². The van der Waals surface area contributed by atoms with Crippen LogP contribution in [0.15, 0.2) is 0 Å². The topological polar surface area (TPSA) is 72.6 Å². The van der Waals surface area contributed by atoms with E-state index in [9.17, 15) is 8.42 Å². The van der Waals surface area contributed by atoms with Gasteiger partial charge >= 0.3 is 0 Å². The first-order chi connectivity index (χ1) is 7.08. The maximum absolute atomic E-state index is 11.9. The summed E-state index contributed by atoms with van der Waals surface area (Å²) >= 11 is 0. The van der Waals surface area contributed by atoms with Crippen molar-refractivity contribution >= 4 is 10.0 Å². The minimum absolute atomic E-state index is 0.121. The van der Waals surface area contributed by atoms with Crippen LogP contribution in [-0.2, 0) is 14.8 Å². The second kappa shape index (κ2) is 5.95. The third kappa shape index (κ3) is 6.42. The van der Waals surface area contributed by atoms with Gasteiger partial charge in [0.1, 0.15) is 0 Å². The molecular weight excluding hydrogens is 228 g/mol. The third-order valence-electron chi connectivity index (χ3n) is 1.96. The molecule has 0 aromatic rings. The van der Waals surface area contributed by atoms with Crippen LogP contribution < -0.4 is 5.73 Å². The van der Waals surface area contributed by atoms with Gasteiger partial charge in [0.2, 0.25) is 10.0 Å². The van der Waals surface area contributed by atoms with E-state index in [1.807, 2.05) is 20.8 Å². The minimum atomic E-state index is -3.23. The number of ether oxygens (including phenoxy) is 1. The van der Waals surface area contributed by atoms with E-state index < -0.39 is 10.0 Å². The molecule has 2 N–H and O–H groups in total. The molecule has 0 aromatic heterocycles. The van der Waals surface area contributed by atoms with Gasteiger partial charge in [-0.3, -0.25) is 0 Å². The Bertz CT molecular complexity index is 296. The van der Waals surface area contributed by atoms with Gasteiger partial charge in [-0.15, -0.1) is 0 Å². The molecule has 0 amide bonds. The van der Waals surface area contributed by atoms with Crippen molar-refractivity contribution < 1.29 is 13.2 Å². The number of sulfonamides is 1. The summed E-state index contributed by atoms with van der Waals surface area (Å²) in [6, 6.07) is -0.287. The van der Waals surface area contributed by atoms with Crippen LogP contribution in [0, 0.1) is 5.41 Å². The molecule has 0 heterocycles. The lowest BCUT2D eigenvalue weighted by atomic mass is 10.0. The number of hydrogen-bond donors (Lipinski definition) is 1. The molecule has 16 heavy (non-hydrogen) atoms. The highest BCUT2D eigenvalue weighted by atomic mass is 32.2. The van der Waals surface area contributed by atoms with Crippen LogP contribution in [0.25, 0.3) is 0 Å². The van der Waals surface area contributed by atoms with E-state index in [1.165, 1.54) is 4.31 Å². The molecule has 0 fully saturated rings. The molecule has 0 aliphatic heterocycles. The molecule has 6 heteroatoms. The first-order valence-electron chi connectivity index (χ1n) is 5.27. The average Bonchev–Trinajstić information content (AvgIpc) is 1.99. The van der Waals surface area contributed by atoms with Crippen LogP contribution in [-0.4, -0.2) is 51.8 Å². The van der Waals surface area contributed by atoms with E-state index in [-0.39, 0.29) is 23.8 Å². The Labute approximate surface area is 99.0 Å². The van der Waals surface area contributed by atoms with Crippen molar-refractivity contribution in [2.45, 2.75) is 26.8 Å². The molecule has 1 atom stereocenters. The average molecular weight is 252 g/mol. The Kier molecular flexibility index (Phi) is 5.89. The smallest absolute Gasteiger partial charge is 0.214 e. The zero-order valence-corrected chi connectivity index (χ0v) is 11.7. The lowest BCUT2D eigenvalue weighted by Gasteiger charge is -2.25. The van der Waals surface area contributed by atoms with Crippen molar-refractivity contribution in [3.05, 3.63) is 0 Å². The molecule has 0 rings (SSSR count). The van der Waals surface area contributed by atoms with Gasteiger partial charge in [0.15, 0.2) is 0 Å². The van der Waals surface area contributed by atoms with E-state index in [0.29, 0.717) is 6.61 Å². The van der Waals surface area contributed by atoms with E-state index in [1.54, 1.807) is 14.2 Å². The first kappa shape index (κ1) is 15.8. The third-order valence-corrected chi connectivity index (χ3v) is 4.29. The van der Waals surface area contributed by atoms with Crippen LogP contribution in [0.2, 0.25) is 0 Å². The molecule has 1 unspecified atom stereocenters. The van der Waals surface area contributed by atoms with Crippen molar-refractivity contribution in [2.75, 3.05) is 33.1 Å². The Morgan fingerprint density at radius 1 is 1.38 bits per heavy atom. The van der Waals surface area contributed by atoms with E-state index in [4.69, 9.17) is 10.5 Å². The number of rotatable bonds is 6. The molecule has 0 radical (unpaired) electrons. The molecular formula is C10H24N2O3S. The predicted octanol–water partition coefficient (Wildman–Crippen LogP) is 0.268. The molecule has 0 aromatic carbocycles. The second-order valence-corrected chi connectivity index (χ2v) is 7.39. The SMILES string of the molecule is COCC(N)CN(C)S(=O)(=O)CC(C)(C)C. The van der Waals surface area contributed by atoms with Gasteiger partial charge in [0, 0.05) is 26.7 Å². The van der Waals surface area contributed by atoms with Crippen molar-refractivity contribution in [1.82, 2.24) is 4.31 Å². The van der Waals surface area contributed by atoms with Crippen molar-refractivity contribution in [3.63, 3.8) is 0 Å². The summed E-state index contributed by atoms with van der Waals surface area (Å²) in [5.41, 5.74) is 5.46. The van der Waals surface area contributed by atoms with Gasteiger partial charge in [0.25, 0.3) is 0 Å². The summed E-state index contributed by atoms with van der Waals surface area (Å²) in [5, 5.41) is 0. The van der Waals surface area contributed by atoms with Gasteiger partial charge < -0.3 is 10.5 Å². The second-order valence-electron chi connectivity index (χ2n) is 5.31. The van der Waals surface area contributed by atoms with E-state index >= 15 is 0 Å². The highest BCUT2D eigenvalue weighted by Gasteiger charge is 2.26. The summed E-state index contributed by atoms with van der Waals surface area (Å²) in [7, 11) is -0.136. The molecule has 98 valence electrons. The maximum atomic E-state index is 11.9. The highest BCUT2D eigenvalue weighted by Crippen LogP contribution is 2.17. The monoisotopic (exact) mass is 252 g/mol. The van der Waals surface area contributed by atoms with Gasteiger partial charge in [-0.1, -0.05) is 20.8 Å². The van der Waals surface area contributed by atoms with Crippen LogP contribution in [0.3, 0.4) is 0 Å². The minimum Gasteiger partial charge on any atom is -0.383 e. The molecule has 0 aliphatic rings. The van der Waals surface area contributed by atoms with Crippen LogP contribution in [0.5, 0.6) is 0 Å². The van der Waals surface area contributed by atoms with Gasteiger partial charge in [0.05, 0.1) is 12.4 Å². The largest absolute Gasteiger partial charge is 0.383 e.